The molecule has 3 rings (SSSR count). The molecule has 0 saturated carbocycles. The van der Waals surface area contributed by atoms with E-state index in [4.69, 9.17) is 16.0 Å². The summed E-state index contributed by atoms with van der Waals surface area (Å²) in [5.41, 5.74) is 1.56. The molecule has 0 radical (unpaired) electrons. The zero-order chi connectivity index (χ0) is 19.4. The van der Waals surface area contributed by atoms with Gasteiger partial charge in [-0.25, -0.2) is 0 Å². The number of rotatable bonds is 7. The Morgan fingerprint density at radius 3 is 2.74 bits per heavy atom. The fraction of sp³-hybridized carbons (Fsp3) is 0.211. The SMILES string of the molecule is C=CCn1c(S[C@@H](C)C(=O)Nc2ccc(Cl)cc2)nnc1-c1ccoc1C. The van der Waals surface area contributed by atoms with Crippen molar-refractivity contribution in [3.05, 3.63) is 60.0 Å². The molecule has 0 aliphatic rings. The normalized spacial score (nSPS) is 12.0. The van der Waals surface area contributed by atoms with Gasteiger partial charge in [0.25, 0.3) is 0 Å². The first kappa shape index (κ1) is 19.3. The number of hydrogen-bond acceptors (Lipinski definition) is 5. The lowest BCUT2D eigenvalue weighted by atomic mass is 10.2. The lowest BCUT2D eigenvalue weighted by molar-refractivity contribution is -0.115. The van der Waals surface area contributed by atoms with Crippen LogP contribution in [-0.2, 0) is 11.3 Å². The van der Waals surface area contributed by atoms with Gasteiger partial charge in [0.05, 0.1) is 17.1 Å². The topological polar surface area (TPSA) is 73.0 Å². The molecule has 0 aliphatic heterocycles. The zero-order valence-electron chi connectivity index (χ0n) is 15.0. The van der Waals surface area contributed by atoms with Gasteiger partial charge in [0.2, 0.25) is 5.91 Å². The lowest BCUT2D eigenvalue weighted by Gasteiger charge is -2.13. The molecule has 0 aliphatic carbocycles. The summed E-state index contributed by atoms with van der Waals surface area (Å²) in [7, 11) is 0. The van der Waals surface area contributed by atoms with Crippen LogP contribution in [0, 0.1) is 6.92 Å². The molecule has 1 N–H and O–H groups in total. The predicted molar refractivity (Wildman–Crippen MR) is 108 cm³/mol. The van der Waals surface area contributed by atoms with Crippen molar-refractivity contribution in [1.29, 1.82) is 0 Å². The van der Waals surface area contributed by atoms with E-state index < -0.39 is 0 Å². The highest BCUT2D eigenvalue weighted by molar-refractivity contribution is 8.00. The fourth-order valence-corrected chi connectivity index (χ4v) is 3.46. The van der Waals surface area contributed by atoms with Crippen LogP contribution in [0.4, 0.5) is 5.69 Å². The summed E-state index contributed by atoms with van der Waals surface area (Å²) < 4.78 is 7.29. The molecule has 1 amide bonds. The van der Waals surface area contributed by atoms with E-state index in [1.165, 1.54) is 11.8 Å². The second-order valence-corrected chi connectivity index (χ2v) is 7.60. The monoisotopic (exact) mass is 402 g/mol. The number of nitrogens with zero attached hydrogens (tertiary/aromatic N) is 3. The van der Waals surface area contributed by atoms with Crippen LogP contribution in [0.25, 0.3) is 11.4 Å². The third-order valence-corrected chi connectivity index (χ3v) is 5.22. The van der Waals surface area contributed by atoms with Crippen molar-refractivity contribution in [1.82, 2.24) is 14.8 Å². The number of carbonyl (C=O) groups is 1. The minimum atomic E-state index is -0.369. The van der Waals surface area contributed by atoms with Crippen LogP contribution in [0.2, 0.25) is 5.02 Å². The van der Waals surface area contributed by atoms with E-state index in [0.29, 0.717) is 28.2 Å². The smallest absolute Gasteiger partial charge is 0.237 e. The molecule has 0 fully saturated rings. The number of halogens is 1. The number of aromatic nitrogens is 3. The van der Waals surface area contributed by atoms with Crippen LogP contribution < -0.4 is 5.32 Å². The number of hydrogen-bond donors (Lipinski definition) is 1. The molecule has 6 nitrogen and oxygen atoms in total. The first-order valence-electron chi connectivity index (χ1n) is 8.31. The van der Waals surface area contributed by atoms with Gasteiger partial charge < -0.3 is 9.73 Å². The molecule has 3 aromatic rings. The molecule has 1 aromatic carbocycles. The summed E-state index contributed by atoms with van der Waals surface area (Å²) in [5, 5.41) is 12.3. The average molecular weight is 403 g/mol. The van der Waals surface area contributed by atoms with Crippen molar-refractivity contribution in [3.8, 4) is 11.4 Å². The van der Waals surface area contributed by atoms with Crippen molar-refractivity contribution in [3.63, 3.8) is 0 Å². The standard InChI is InChI=1S/C19H19ClN4O2S/c1-4-10-24-17(16-9-11-26-12(16)2)22-23-19(24)27-13(3)18(25)21-15-7-5-14(20)6-8-15/h4-9,11,13H,1,10H2,2-3H3,(H,21,25)/t13-/m0/s1. The largest absolute Gasteiger partial charge is 0.469 e. The van der Waals surface area contributed by atoms with Gasteiger partial charge in [-0.15, -0.1) is 16.8 Å². The van der Waals surface area contributed by atoms with Crippen molar-refractivity contribution in [2.75, 3.05) is 5.32 Å². The maximum absolute atomic E-state index is 12.5. The molecule has 2 aromatic heterocycles. The highest BCUT2D eigenvalue weighted by Gasteiger charge is 2.21. The first-order chi connectivity index (χ1) is 13.0. The Labute approximate surface area is 166 Å². The third-order valence-electron chi connectivity index (χ3n) is 3.89. The Kier molecular flexibility index (Phi) is 6.03. The van der Waals surface area contributed by atoms with Gasteiger partial charge in [0, 0.05) is 17.3 Å². The van der Waals surface area contributed by atoms with E-state index >= 15 is 0 Å². The van der Waals surface area contributed by atoms with Gasteiger partial charge in [0.15, 0.2) is 11.0 Å². The predicted octanol–water partition coefficient (Wildman–Crippen LogP) is 4.81. The second kappa shape index (κ2) is 8.45. The van der Waals surface area contributed by atoms with Crippen LogP contribution in [0.15, 0.2) is 58.8 Å². The van der Waals surface area contributed by atoms with E-state index in [1.54, 1.807) is 36.6 Å². The molecular weight excluding hydrogens is 384 g/mol. The van der Waals surface area contributed by atoms with Gasteiger partial charge in [-0.05, 0) is 44.2 Å². The van der Waals surface area contributed by atoms with Crippen LogP contribution in [0.5, 0.6) is 0 Å². The van der Waals surface area contributed by atoms with Crippen molar-refractivity contribution >= 4 is 35.0 Å². The number of nitrogens with one attached hydrogen (secondary N) is 1. The molecule has 140 valence electrons. The summed E-state index contributed by atoms with van der Waals surface area (Å²) in [6.07, 6.45) is 3.39. The van der Waals surface area contributed by atoms with Gasteiger partial charge in [-0.1, -0.05) is 29.4 Å². The summed E-state index contributed by atoms with van der Waals surface area (Å²) in [6, 6.07) is 8.84. The summed E-state index contributed by atoms with van der Waals surface area (Å²) in [4.78, 5) is 12.5. The van der Waals surface area contributed by atoms with E-state index in [-0.39, 0.29) is 11.2 Å². The number of benzene rings is 1. The highest BCUT2D eigenvalue weighted by Crippen LogP contribution is 2.29. The quantitative estimate of drug-likeness (QED) is 0.453. The Morgan fingerprint density at radius 2 is 2.11 bits per heavy atom. The number of furan rings is 1. The van der Waals surface area contributed by atoms with Crippen molar-refractivity contribution in [2.45, 2.75) is 30.8 Å². The number of allylic oxidation sites excluding steroid dienone is 1. The Hall–Kier alpha value is -2.51. The number of amides is 1. The van der Waals surface area contributed by atoms with Gasteiger partial charge in [0.1, 0.15) is 5.76 Å². The Morgan fingerprint density at radius 1 is 1.37 bits per heavy atom. The Bertz CT molecular complexity index is 949. The van der Waals surface area contributed by atoms with Crippen LogP contribution in [0.3, 0.4) is 0 Å². The minimum absolute atomic E-state index is 0.128. The van der Waals surface area contributed by atoms with Gasteiger partial charge >= 0.3 is 0 Å². The zero-order valence-corrected chi connectivity index (χ0v) is 16.5. The molecule has 0 bridgehead atoms. The molecule has 0 unspecified atom stereocenters. The number of anilines is 1. The number of aryl methyl sites for hydroxylation is 1. The van der Waals surface area contributed by atoms with Gasteiger partial charge in [-0.2, -0.15) is 0 Å². The van der Waals surface area contributed by atoms with Gasteiger partial charge in [-0.3, -0.25) is 9.36 Å². The van der Waals surface area contributed by atoms with Crippen molar-refractivity contribution < 1.29 is 9.21 Å². The molecule has 1 atom stereocenters. The fourth-order valence-electron chi connectivity index (χ4n) is 2.47. The highest BCUT2D eigenvalue weighted by atomic mass is 35.5. The number of carbonyl (C=O) groups excluding carboxylic acids is 1. The molecule has 2 heterocycles. The summed E-state index contributed by atoms with van der Waals surface area (Å²) in [5.74, 6) is 1.32. The number of thioether (sulfide) groups is 1. The molecule has 0 spiro atoms. The van der Waals surface area contributed by atoms with Crippen LogP contribution in [-0.4, -0.2) is 25.9 Å². The lowest BCUT2D eigenvalue weighted by Crippen LogP contribution is -2.22. The molecule has 0 saturated heterocycles. The summed E-state index contributed by atoms with van der Waals surface area (Å²) in [6.45, 7) is 8.03. The average Bonchev–Trinajstić information content (AvgIpc) is 3.23. The molecule has 8 heteroatoms. The van der Waals surface area contributed by atoms with E-state index in [2.05, 4.69) is 22.1 Å². The van der Waals surface area contributed by atoms with E-state index in [0.717, 1.165) is 11.3 Å². The van der Waals surface area contributed by atoms with Crippen LogP contribution in [0.1, 0.15) is 12.7 Å². The Balaban J connectivity index is 1.77. The third kappa shape index (κ3) is 4.43. The molecular formula is C19H19ClN4O2S. The van der Waals surface area contributed by atoms with Crippen LogP contribution >= 0.6 is 23.4 Å². The second-order valence-electron chi connectivity index (χ2n) is 5.85. The maximum atomic E-state index is 12.5. The van der Waals surface area contributed by atoms with E-state index in [1.807, 2.05) is 24.5 Å². The minimum Gasteiger partial charge on any atom is -0.469 e. The molecule has 27 heavy (non-hydrogen) atoms. The first-order valence-corrected chi connectivity index (χ1v) is 9.57. The summed E-state index contributed by atoms with van der Waals surface area (Å²) >= 11 is 7.21. The maximum Gasteiger partial charge on any atom is 0.237 e. The van der Waals surface area contributed by atoms with Crippen molar-refractivity contribution in [2.24, 2.45) is 0 Å². The van der Waals surface area contributed by atoms with E-state index in [9.17, 15) is 4.79 Å².